The number of nitrogens with zero attached hydrogens (tertiary/aromatic N) is 5. The molecule has 0 bridgehead atoms. The second-order valence-electron chi connectivity index (χ2n) is 7.87. The van der Waals surface area contributed by atoms with Crippen molar-refractivity contribution < 1.29 is 4.79 Å². The summed E-state index contributed by atoms with van der Waals surface area (Å²) in [5.41, 5.74) is 10.9. The van der Waals surface area contributed by atoms with Crippen molar-refractivity contribution in [2.24, 2.45) is 0 Å². The molecule has 0 unspecified atom stereocenters. The molecule has 32 heavy (non-hydrogen) atoms. The van der Waals surface area contributed by atoms with Gasteiger partial charge in [-0.15, -0.1) is 11.3 Å². The van der Waals surface area contributed by atoms with Crippen LogP contribution in [0.1, 0.15) is 28.2 Å². The average molecular weight is 468 g/mol. The number of halogens is 1. The van der Waals surface area contributed by atoms with Crippen molar-refractivity contribution >= 4 is 45.9 Å². The lowest BCUT2D eigenvalue weighted by Crippen LogP contribution is -2.47. The molecule has 4 aromatic rings. The van der Waals surface area contributed by atoms with E-state index in [4.69, 9.17) is 17.3 Å². The summed E-state index contributed by atoms with van der Waals surface area (Å²) in [5.74, 6) is 0.331. The number of rotatable bonds is 4. The summed E-state index contributed by atoms with van der Waals surface area (Å²) in [5, 5.41) is 7.62. The number of carbonyl (C=O) groups excluding carboxylic acids is 1. The standard InChI is InChI=1S/C22H22ClN7OS/c1-13-9-14(6-7-25-13)16-10-17(20-21(24)26-12-27-30(16)20)29-8-2-3-15(11-29)28-22(31)18-4-5-19(23)32-18/h4-7,9-10,12,15H,2-3,8,11H2,1H3,(H,28,31)(H2,24,26,27)/t15-/m1/s1. The Balaban J connectivity index is 1.47. The molecule has 0 aromatic carbocycles. The maximum absolute atomic E-state index is 12.6. The Bertz CT molecular complexity index is 1300. The van der Waals surface area contributed by atoms with Gasteiger partial charge in [-0.3, -0.25) is 9.78 Å². The highest BCUT2D eigenvalue weighted by Crippen LogP contribution is 2.35. The topological polar surface area (TPSA) is 101 Å². The molecule has 1 saturated heterocycles. The van der Waals surface area contributed by atoms with Gasteiger partial charge >= 0.3 is 0 Å². The molecule has 164 valence electrons. The van der Waals surface area contributed by atoms with Gasteiger partial charge < -0.3 is 16.0 Å². The first-order chi connectivity index (χ1) is 15.5. The number of pyridine rings is 1. The number of nitrogens with one attached hydrogen (secondary N) is 1. The molecule has 1 aliphatic rings. The molecule has 1 aliphatic heterocycles. The molecular weight excluding hydrogens is 446 g/mol. The van der Waals surface area contributed by atoms with Crippen LogP contribution in [0.15, 0.2) is 42.9 Å². The van der Waals surface area contributed by atoms with E-state index in [2.05, 4.69) is 31.3 Å². The number of thiophene rings is 1. The van der Waals surface area contributed by atoms with Gasteiger partial charge in [0.05, 0.1) is 20.6 Å². The Morgan fingerprint density at radius 1 is 1.28 bits per heavy atom. The Morgan fingerprint density at radius 2 is 2.16 bits per heavy atom. The first-order valence-electron chi connectivity index (χ1n) is 10.4. The average Bonchev–Trinajstić information content (AvgIpc) is 3.39. The zero-order valence-corrected chi connectivity index (χ0v) is 19.0. The van der Waals surface area contributed by atoms with Crippen LogP contribution in [0.4, 0.5) is 11.5 Å². The summed E-state index contributed by atoms with van der Waals surface area (Å²) in [6.07, 6.45) is 5.12. The Labute approximate surface area is 194 Å². The van der Waals surface area contributed by atoms with E-state index in [0.29, 0.717) is 21.6 Å². The molecule has 0 radical (unpaired) electrons. The summed E-state index contributed by atoms with van der Waals surface area (Å²) >= 11 is 7.27. The van der Waals surface area contributed by atoms with Gasteiger partial charge in [-0.05, 0) is 50.1 Å². The first kappa shape index (κ1) is 20.7. The number of aryl methyl sites for hydroxylation is 1. The maximum atomic E-state index is 12.6. The fourth-order valence-electron chi connectivity index (χ4n) is 4.21. The number of aromatic nitrogens is 4. The predicted molar refractivity (Wildman–Crippen MR) is 127 cm³/mol. The maximum Gasteiger partial charge on any atom is 0.261 e. The molecule has 5 rings (SSSR count). The lowest BCUT2D eigenvalue weighted by Gasteiger charge is -2.34. The minimum Gasteiger partial charge on any atom is -0.382 e. The van der Waals surface area contributed by atoms with E-state index in [1.807, 2.05) is 23.6 Å². The molecule has 1 atom stereocenters. The van der Waals surface area contributed by atoms with E-state index in [9.17, 15) is 4.79 Å². The number of hydrogen-bond acceptors (Lipinski definition) is 7. The number of amides is 1. The van der Waals surface area contributed by atoms with Crippen LogP contribution in [0.3, 0.4) is 0 Å². The summed E-state index contributed by atoms with van der Waals surface area (Å²) in [4.78, 5) is 24.0. The van der Waals surface area contributed by atoms with Crippen LogP contribution >= 0.6 is 22.9 Å². The number of anilines is 2. The third-order valence-electron chi connectivity index (χ3n) is 5.65. The molecular formula is C22H22ClN7OS. The fraction of sp³-hybridized carbons (Fsp3) is 0.273. The summed E-state index contributed by atoms with van der Waals surface area (Å²) in [6.45, 7) is 3.50. The van der Waals surface area contributed by atoms with Crippen molar-refractivity contribution in [2.45, 2.75) is 25.8 Å². The zero-order valence-electron chi connectivity index (χ0n) is 17.5. The van der Waals surface area contributed by atoms with Crippen LogP contribution in [0.25, 0.3) is 16.8 Å². The minimum absolute atomic E-state index is 0.0181. The number of hydrogen-bond donors (Lipinski definition) is 2. The predicted octanol–water partition coefficient (Wildman–Crippen LogP) is 3.80. The molecule has 10 heteroatoms. The van der Waals surface area contributed by atoms with Gasteiger partial charge in [0.25, 0.3) is 5.91 Å². The lowest BCUT2D eigenvalue weighted by molar-refractivity contribution is 0.0937. The second kappa shape index (κ2) is 8.40. The number of piperidine rings is 1. The molecule has 0 aliphatic carbocycles. The first-order valence-corrected chi connectivity index (χ1v) is 11.6. The van der Waals surface area contributed by atoms with E-state index in [1.165, 1.54) is 17.7 Å². The van der Waals surface area contributed by atoms with Crippen molar-refractivity contribution in [2.75, 3.05) is 23.7 Å². The van der Waals surface area contributed by atoms with Crippen LogP contribution < -0.4 is 16.0 Å². The largest absolute Gasteiger partial charge is 0.382 e. The van der Waals surface area contributed by atoms with E-state index >= 15 is 0 Å². The zero-order chi connectivity index (χ0) is 22.2. The van der Waals surface area contributed by atoms with Gasteiger partial charge in [-0.2, -0.15) is 5.10 Å². The highest BCUT2D eigenvalue weighted by Gasteiger charge is 2.26. The monoisotopic (exact) mass is 467 g/mol. The fourth-order valence-corrected chi connectivity index (χ4v) is 5.15. The third kappa shape index (κ3) is 3.89. The summed E-state index contributed by atoms with van der Waals surface area (Å²) < 4.78 is 2.44. The number of nitrogen functional groups attached to an aromatic ring is 1. The number of nitrogens with two attached hydrogens (primary N) is 1. The van der Waals surface area contributed by atoms with Gasteiger partial charge in [0.2, 0.25) is 0 Å². The Morgan fingerprint density at radius 3 is 2.94 bits per heavy atom. The van der Waals surface area contributed by atoms with Gasteiger partial charge in [0.15, 0.2) is 5.82 Å². The van der Waals surface area contributed by atoms with Gasteiger partial charge in [0.1, 0.15) is 11.8 Å². The summed E-state index contributed by atoms with van der Waals surface area (Å²) in [7, 11) is 0. The van der Waals surface area contributed by atoms with E-state index in [1.54, 1.807) is 18.3 Å². The van der Waals surface area contributed by atoms with Gasteiger partial charge in [-0.1, -0.05) is 11.6 Å². The summed E-state index contributed by atoms with van der Waals surface area (Å²) in [6, 6.07) is 9.60. The second-order valence-corrected chi connectivity index (χ2v) is 9.58. The van der Waals surface area contributed by atoms with Crippen molar-refractivity contribution in [3.63, 3.8) is 0 Å². The van der Waals surface area contributed by atoms with Crippen LogP contribution in [0.5, 0.6) is 0 Å². The minimum atomic E-state index is -0.0914. The smallest absolute Gasteiger partial charge is 0.261 e. The highest BCUT2D eigenvalue weighted by atomic mass is 35.5. The molecule has 1 amide bonds. The number of fused-ring (bicyclic) bond motifs is 1. The molecule has 3 N–H and O–H groups in total. The molecule has 0 saturated carbocycles. The Kier molecular flexibility index (Phi) is 5.44. The highest BCUT2D eigenvalue weighted by molar-refractivity contribution is 7.18. The van der Waals surface area contributed by atoms with Crippen LogP contribution in [-0.2, 0) is 0 Å². The van der Waals surface area contributed by atoms with Crippen LogP contribution in [-0.4, -0.2) is 44.6 Å². The quantitative estimate of drug-likeness (QED) is 0.473. The van der Waals surface area contributed by atoms with Gasteiger partial charge in [-0.25, -0.2) is 9.50 Å². The van der Waals surface area contributed by atoms with Crippen molar-refractivity contribution in [1.82, 2.24) is 24.9 Å². The SMILES string of the molecule is Cc1cc(-c2cc(N3CCC[C@@H](NC(=O)c4ccc(Cl)s4)C3)c3c(N)ncnn23)ccn1. The molecule has 1 fully saturated rings. The van der Waals surface area contributed by atoms with Crippen LogP contribution in [0, 0.1) is 6.92 Å². The van der Waals surface area contributed by atoms with Crippen molar-refractivity contribution in [3.8, 4) is 11.3 Å². The van der Waals surface area contributed by atoms with E-state index in [0.717, 1.165) is 47.5 Å². The van der Waals surface area contributed by atoms with Crippen molar-refractivity contribution in [3.05, 3.63) is 57.8 Å². The van der Waals surface area contributed by atoms with E-state index in [-0.39, 0.29) is 11.9 Å². The Hall–Kier alpha value is -3.17. The molecule has 4 aromatic heterocycles. The van der Waals surface area contributed by atoms with Gasteiger partial charge in [0, 0.05) is 36.6 Å². The number of carbonyl (C=O) groups is 1. The molecule has 0 spiro atoms. The lowest BCUT2D eigenvalue weighted by atomic mass is 10.0. The van der Waals surface area contributed by atoms with Crippen LogP contribution in [0.2, 0.25) is 4.34 Å². The van der Waals surface area contributed by atoms with Crippen molar-refractivity contribution in [1.29, 1.82) is 0 Å². The van der Waals surface area contributed by atoms with E-state index < -0.39 is 0 Å². The third-order valence-corrected chi connectivity index (χ3v) is 6.88. The normalized spacial score (nSPS) is 16.4. The molecule has 5 heterocycles. The molecule has 8 nitrogen and oxygen atoms in total.